The van der Waals surface area contributed by atoms with Gasteiger partial charge in [0.25, 0.3) is 5.91 Å². The van der Waals surface area contributed by atoms with Crippen molar-refractivity contribution in [2.24, 2.45) is 0 Å². The molecule has 2 N–H and O–H groups in total. The molecule has 0 unspecified atom stereocenters. The fraction of sp³-hybridized carbons (Fsp3) is 0.471. The summed E-state index contributed by atoms with van der Waals surface area (Å²) in [6.07, 6.45) is 4.58. The highest BCUT2D eigenvalue weighted by Crippen LogP contribution is 2.23. The van der Waals surface area contributed by atoms with E-state index in [1.807, 2.05) is 24.3 Å². The van der Waals surface area contributed by atoms with Crippen LogP contribution < -0.4 is 10.6 Å². The van der Waals surface area contributed by atoms with Crippen LogP contribution in [0.3, 0.4) is 0 Å². The molecule has 1 aliphatic heterocycles. The third-order valence-corrected chi connectivity index (χ3v) is 4.57. The summed E-state index contributed by atoms with van der Waals surface area (Å²) in [4.78, 5) is 16.6. The van der Waals surface area contributed by atoms with E-state index < -0.39 is 5.60 Å². The number of piperidine rings is 1. The molecular weight excluding hydrogens is 377 g/mol. The number of nitrogens with one attached hydrogen (secondary N) is 2. The second kappa shape index (κ2) is 10.5. The Morgan fingerprint density at radius 1 is 1.27 bits per heavy atom. The number of hydrogen-bond donors (Lipinski definition) is 2. The van der Waals surface area contributed by atoms with E-state index in [-0.39, 0.29) is 30.7 Å². The largest absolute Gasteiger partial charge is 0.368 e. The number of halogens is 2. The molecule has 1 aromatic heterocycles. The maximum Gasteiger partial charge on any atom is 0.252 e. The Kier molecular flexibility index (Phi) is 9.01. The number of benzene rings is 1. The minimum atomic E-state index is -0.716. The first-order valence-corrected chi connectivity index (χ1v) is 8.17. The molecule has 0 saturated carbocycles. The van der Waals surface area contributed by atoms with Crippen LogP contribution in [0.5, 0.6) is 0 Å². The van der Waals surface area contributed by atoms with Gasteiger partial charge in [-0.2, -0.15) is 5.10 Å². The topological polar surface area (TPSA) is 81.1 Å². The summed E-state index contributed by atoms with van der Waals surface area (Å²) in [6.45, 7) is 2.70. The summed E-state index contributed by atoms with van der Waals surface area (Å²) in [6, 6.07) is 8.03. The van der Waals surface area contributed by atoms with Gasteiger partial charge in [-0.05, 0) is 37.1 Å². The smallest absolute Gasteiger partial charge is 0.252 e. The predicted octanol–water partition coefficient (Wildman–Crippen LogP) is 1.55. The molecular formula is C17H25Cl2N5O2. The molecule has 3 rings (SSSR count). The Morgan fingerprint density at radius 3 is 2.58 bits per heavy atom. The van der Waals surface area contributed by atoms with Gasteiger partial charge in [-0.3, -0.25) is 4.79 Å². The highest BCUT2D eigenvalue weighted by Gasteiger charge is 2.39. The van der Waals surface area contributed by atoms with Crippen molar-refractivity contribution in [1.82, 2.24) is 25.4 Å². The summed E-state index contributed by atoms with van der Waals surface area (Å²) in [7, 11) is 1.61. The quantitative estimate of drug-likeness (QED) is 0.767. The van der Waals surface area contributed by atoms with Gasteiger partial charge < -0.3 is 15.4 Å². The van der Waals surface area contributed by atoms with E-state index in [0.717, 1.165) is 24.2 Å². The fourth-order valence-corrected chi connectivity index (χ4v) is 3.06. The summed E-state index contributed by atoms with van der Waals surface area (Å²) in [5.41, 5.74) is 1.47. The van der Waals surface area contributed by atoms with Crippen LogP contribution in [0.2, 0.25) is 0 Å². The molecule has 1 amide bonds. The third kappa shape index (κ3) is 5.17. The maximum atomic E-state index is 12.7. The van der Waals surface area contributed by atoms with Crippen LogP contribution >= 0.6 is 24.8 Å². The predicted molar refractivity (Wildman–Crippen MR) is 104 cm³/mol. The molecule has 0 atom stereocenters. The molecule has 1 aliphatic rings. The van der Waals surface area contributed by atoms with Crippen LogP contribution in [0.25, 0.3) is 0 Å². The minimum absolute atomic E-state index is 0. The number of carbonyl (C=O) groups is 1. The number of methoxy groups -OCH3 is 1. The lowest BCUT2D eigenvalue weighted by Gasteiger charge is -2.34. The van der Waals surface area contributed by atoms with E-state index in [4.69, 9.17) is 4.74 Å². The molecule has 2 aromatic rings. The monoisotopic (exact) mass is 401 g/mol. The maximum absolute atomic E-state index is 12.7. The Bertz CT molecular complexity index is 676. The molecule has 26 heavy (non-hydrogen) atoms. The van der Waals surface area contributed by atoms with Gasteiger partial charge in [0.1, 0.15) is 18.3 Å². The Balaban J connectivity index is 0.00000169. The van der Waals surface area contributed by atoms with Gasteiger partial charge in [0.2, 0.25) is 0 Å². The Morgan fingerprint density at radius 2 is 1.96 bits per heavy atom. The van der Waals surface area contributed by atoms with E-state index in [0.29, 0.717) is 25.9 Å². The first kappa shape index (κ1) is 22.4. The number of nitrogens with zero attached hydrogens (tertiary/aromatic N) is 3. The van der Waals surface area contributed by atoms with Gasteiger partial charge in [0.05, 0.1) is 6.54 Å². The molecule has 1 fully saturated rings. The van der Waals surface area contributed by atoms with Gasteiger partial charge in [-0.1, -0.05) is 24.3 Å². The van der Waals surface area contributed by atoms with Crippen LogP contribution in [0.15, 0.2) is 36.9 Å². The zero-order valence-corrected chi connectivity index (χ0v) is 16.3. The summed E-state index contributed by atoms with van der Waals surface area (Å²) in [5, 5.41) is 10.4. The zero-order chi connectivity index (χ0) is 16.8. The van der Waals surface area contributed by atoms with Gasteiger partial charge >= 0.3 is 0 Å². The van der Waals surface area contributed by atoms with Crippen molar-refractivity contribution in [2.75, 3.05) is 20.2 Å². The molecule has 0 bridgehead atoms. The van der Waals surface area contributed by atoms with Crippen LogP contribution in [0, 0.1) is 0 Å². The van der Waals surface area contributed by atoms with Crippen molar-refractivity contribution in [1.29, 1.82) is 0 Å². The summed E-state index contributed by atoms with van der Waals surface area (Å²) < 4.78 is 7.34. The van der Waals surface area contributed by atoms with Crippen molar-refractivity contribution in [3.63, 3.8) is 0 Å². The molecule has 0 aliphatic carbocycles. The highest BCUT2D eigenvalue weighted by molar-refractivity contribution is 5.86. The van der Waals surface area contributed by atoms with E-state index >= 15 is 0 Å². The minimum Gasteiger partial charge on any atom is -0.368 e. The van der Waals surface area contributed by atoms with Crippen molar-refractivity contribution in [3.05, 3.63) is 48.0 Å². The molecule has 0 radical (unpaired) electrons. The van der Waals surface area contributed by atoms with Gasteiger partial charge in [-0.25, -0.2) is 9.67 Å². The van der Waals surface area contributed by atoms with E-state index in [2.05, 4.69) is 20.7 Å². The second-order valence-corrected chi connectivity index (χ2v) is 5.99. The standard InChI is InChI=1S/C17H23N5O2.2ClH/c1-24-17(6-8-18-9-7-17)16(23)20-10-14-4-2-3-5-15(14)11-22-13-19-12-21-22;;/h2-5,12-13,18H,6-11H2,1H3,(H,20,23);2*1H. The number of carbonyl (C=O) groups excluding carboxylic acids is 1. The Hall–Kier alpha value is -1.67. The lowest BCUT2D eigenvalue weighted by atomic mass is 9.91. The van der Waals surface area contributed by atoms with Gasteiger partial charge in [0, 0.05) is 13.7 Å². The first-order valence-electron chi connectivity index (χ1n) is 8.17. The lowest BCUT2D eigenvalue weighted by Crippen LogP contribution is -2.54. The van der Waals surface area contributed by atoms with Crippen molar-refractivity contribution in [3.8, 4) is 0 Å². The molecule has 1 aromatic carbocycles. The zero-order valence-electron chi connectivity index (χ0n) is 14.7. The number of amides is 1. The molecule has 7 nitrogen and oxygen atoms in total. The second-order valence-electron chi connectivity index (χ2n) is 5.99. The summed E-state index contributed by atoms with van der Waals surface area (Å²) in [5.74, 6) is -0.0398. The normalized spacial score (nSPS) is 15.4. The number of hydrogen-bond acceptors (Lipinski definition) is 5. The lowest BCUT2D eigenvalue weighted by molar-refractivity contribution is -0.146. The fourth-order valence-electron chi connectivity index (χ4n) is 3.06. The van der Waals surface area contributed by atoms with Crippen molar-refractivity contribution < 1.29 is 9.53 Å². The van der Waals surface area contributed by atoms with Crippen LogP contribution in [-0.4, -0.2) is 46.5 Å². The third-order valence-electron chi connectivity index (χ3n) is 4.57. The molecule has 0 spiro atoms. The highest BCUT2D eigenvalue weighted by atomic mass is 35.5. The number of ether oxygens (including phenoxy) is 1. The first-order chi connectivity index (χ1) is 11.7. The molecule has 144 valence electrons. The van der Waals surface area contributed by atoms with Crippen LogP contribution in [0.1, 0.15) is 24.0 Å². The average Bonchev–Trinajstić information content (AvgIpc) is 3.14. The number of aromatic nitrogens is 3. The Labute approximate surface area is 165 Å². The molecule has 2 heterocycles. The van der Waals surface area contributed by atoms with Gasteiger partial charge in [0.15, 0.2) is 0 Å². The average molecular weight is 402 g/mol. The van der Waals surface area contributed by atoms with Crippen molar-refractivity contribution >= 4 is 30.7 Å². The number of rotatable bonds is 6. The van der Waals surface area contributed by atoms with E-state index in [9.17, 15) is 4.79 Å². The van der Waals surface area contributed by atoms with Crippen LogP contribution in [-0.2, 0) is 22.6 Å². The SMILES string of the molecule is COC1(C(=O)NCc2ccccc2Cn2cncn2)CCNCC1.Cl.Cl. The van der Waals surface area contributed by atoms with E-state index in [1.165, 1.54) is 6.33 Å². The molecule has 9 heteroatoms. The molecule has 1 saturated heterocycles. The van der Waals surface area contributed by atoms with Crippen molar-refractivity contribution in [2.45, 2.75) is 31.5 Å². The summed E-state index contributed by atoms with van der Waals surface area (Å²) >= 11 is 0. The van der Waals surface area contributed by atoms with E-state index in [1.54, 1.807) is 18.1 Å². The van der Waals surface area contributed by atoms with Crippen LogP contribution in [0.4, 0.5) is 0 Å². The van der Waals surface area contributed by atoms with Gasteiger partial charge in [-0.15, -0.1) is 24.8 Å².